The lowest BCUT2D eigenvalue weighted by Crippen LogP contribution is -2.39. The van der Waals surface area contributed by atoms with Gasteiger partial charge in [-0.2, -0.15) is 0 Å². The zero-order chi connectivity index (χ0) is 12.4. The second-order valence-corrected chi connectivity index (χ2v) is 5.08. The Morgan fingerprint density at radius 3 is 2.24 bits per heavy atom. The molecule has 0 fully saturated rings. The summed E-state index contributed by atoms with van der Waals surface area (Å²) in [5.41, 5.74) is 0.411. The summed E-state index contributed by atoms with van der Waals surface area (Å²) in [6.45, 7) is 9.23. The number of nitrogens with zero attached hydrogens (tertiary/aromatic N) is 1. The molecular formula is C12H28IN3O. The van der Waals surface area contributed by atoms with E-state index in [1.165, 1.54) is 6.42 Å². The van der Waals surface area contributed by atoms with Crippen LogP contribution in [0.25, 0.3) is 0 Å². The van der Waals surface area contributed by atoms with E-state index in [-0.39, 0.29) is 24.0 Å². The van der Waals surface area contributed by atoms with E-state index in [0.29, 0.717) is 12.0 Å². The molecule has 0 spiro atoms. The van der Waals surface area contributed by atoms with Crippen molar-refractivity contribution in [3.05, 3.63) is 0 Å². The molecule has 0 aromatic rings. The van der Waals surface area contributed by atoms with Gasteiger partial charge in [-0.25, -0.2) is 0 Å². The van der Waals surface area contributed by atoms with E-state index in [9.17, 15) is 0 Å². The van der Waals surface area contributed by atoms with E-state index in [2.05, 4.69) is 36.4 Å². The fraction of sp³-hybridized carbons (Fsp3) is 0.917. The maximum absolute atomic E-state index is 4.96. The Bertz CT molecular complexity index is 202. The monoisotopic (exact) mass is 357 g/mol. The van der Waals surface area contributed by atoms with E-state index in [1.54, 1.807) is 14.2 Å². The van der Waals surface area contributed by atoms with Crippen molar-refractivity contribution in [1.29, 1.82) is 0 Å². The molecule has 0 aliphatic carbocycles. The number of nitrogens with one attached hydrogen (secondary N) is 2. The summed E-state index contributed by atoms with van der Waals surface area (Å²) in [6.07, 6.45) is 2.38. The third-order valence-electron chi connectivity index (χ3n) is 2.22. The van der Waals surface area contributed by atoms with E-state index < -0.39 is 0 Å². The number of methoxy groups -OCH3 is 1. The van der Waals surface area contributed by atoms with Gasteiger partial charge in [0.05, 0.1) is 6.61 Å². The summed E-state index contributed by atoms with van der Waals surface area (Å²) < 4.78 is 4.96. The average Bonchev–Trinajstić information content (AvgIpc) is 2.20. The number of rotatable bonds is 6. The molecule has 0 heterocycles. The molecule has 0 unspecified atom stereocenters. The Morgan fingerprint density at radius 1 is 1.18 bits per heavy atom. The lowest BCUT2D eigenvalue weighted by Gasteiger charge is -2.18. The molecule has 17 heavy (non-hydrogen) atoms. The second-order valence-electron chi connectivity index (χ2n) is 5.08. The minimum absolute atomic E-state index is 0. The fourth-order valence-corrected chi connectivity index (χ4v) is 1.32. The van der Waals surface area contributed by atoms with E-state index in [4.69, 9.17) is 4.74 Å². The summed E-state index contributed by atoms with van der Waals surface area (Å²) in [5, 5.41) is 6.47. The lowest BCUT2D eigenvalue weighted by atomic mass is 9.91. The number of aliphatic imine (C=N–C) groups is 1. The van der Waals surface area contributed by atoms with Crippen molar-refractivity contribution >= 4 is 29.9 Å². The summed E-state index contributed by atoms with van der Waals surface area (Å²) in [7, 11) is 3.48. The third kappa shape index (κ3) is 13.9. The van der Waals surface area contributed by atoms with Crippen LogP contribution < -0.4 is 10.6 Å². The summed E-state index contributed by atoms with van der Waals surface area (Å²) in [4.78, 5) is 4.13. The number of guanidine groups is 1. The highest BCUT2D eigenvalue weighted by atomic mass is 127. The zero-order valence-electron chi connectivity index (χ0n) is 11.8. The Labute approximate surface area is 123 Å². The third-order valence-corrected chi connectivity index (χ3v) is 2.22. The first-order valence-corrected chi connectivity index (χ1v) is 5.93. The summed E-state index contributed by atoms with van der Waals surface area (Å²) in [5.74, 6) is 0.853. The molecule has 0 aromatic carbocycles. The summed E-state index contributed by atoms with van der Waals surface area (Å²) in [6, 6.07) is 0. The minimum atomic E-state index is 0. The fourth-order valence-electron chi connectivity index (χ4n) is 1.32. The highest BCUT2D eigenvalue weighted by molar-refractivity contribution is 14.0. The van der Waals surface area contributed by atoms with Crippen molar-refractivity contribution in [1.82, 2.24) is 10.6 Å². The molecule has 5 heteroatoms. The van der Waals surface area contributed by atoms with Crippen LogP contribution in [0.15, 0.2) is 4.99 Å². The van der Waals surface area contributed by atoms with Crippen molar-refractivity contribution in [2.75, 3.05) is 33.9 Å². The Balaban J connectivity index is 0. The molecule has 0 amide bonds. The van der Waals surface area contributed by atoms with Crippen molar-refractivity contribution in [2.24, 2.45) is 10.4 Å². The van der Waals surface area contributed by atoms with Gasteiger partial charge in [-0.15, -0.1) is 24.0 Å². The van der Waals surface area contributed by atoms with Gasteiger partial charge in [-0.3, -0.25) is 4.99 Å². The highest BCUT2D eigenvalue weighted by Gasteiger charge is 2.08. The van der Waals surface area contributed by atoms with Gasteiger partial charge in [0.2, 0.25) is 0 Å². The average molecular weight is 357 g/mol. The van der Waals surface area contributed by atoms with Gasteiger partial charge in [0.1, 0.15) is 0 Å². The molecule has 0 aliphatic heterocycles. The van der Waals surface area contributed by atoms with Gasteiger partial charge < -0.3 is 15.4 Å². The van der Waals surface area contributed by atoms with Crippen LogP contribution in [0.1, 0.15) is 33.6 Å². The molecule has 4 nitrogen and oxygen atoms in total. The van der Waals surface area contributed by atoms with Gasteiger partial charge in [0, 0.05) is 27.2 Å². The molecule has 0 bridgehead atoms. The number of halogens is 1. The van der Waals surface area contributed by atoms with Gasteiger partial charge >= 0.3 is 0 Å². The van der Waals surface area contributed by atoms with Crippen molar-refractivity contribution in [2.45, 2.75) is 33.6 Å². The van der Waals surface area contributed by atoms with Crippen molar-refractivity contribution < 1.29 is 4.74 Å². The van der Waals surface area contributed by atoms with E-state index >= 15 is 0 Å². The first-order valence-electron chi connectivity index (χ1n) is 5.93. The minimum Gasteiger partial charge on any atom is -0.383 e. The molecule has 0 aliphatic rings. The molecule has 0 saturated heterocycles. The Kier molecular flexibility index (Phi) is 12.6. The van der Waals surface area contributed by atoms with Gasteiger partial charge in [0.15, 0.2) is 5.96 Å². The maximum atomic E-state index is 4.96. The van der Waals surface area contributed by atoms with Gasteiger partial charge in [-0.05, 0) is 18.3 Å². The van der Waals surface area contributed by atoms with Crippen LogP contribution in [-0.2, 0) is 4.74 Å². The number of ether oxygens (including phenoxy) is 1. The highest BCUT2D eigenvalue weighted by Crippen LogP contribution is 2.19. The van der Waals surface area contributed by atoms with Crippen LogP contribution in [0.5, 0.6) is 0 Å². The number of hydrogen-bond donors (Lipinski definition) is 2. The molecule has 0 saturated carbocycles. The topological polar surface area (TPSA) is 45.7 Å². The van der Waals surface area contributed by atoms with Crippen LogP contribution in [0.4, 0.5) is 0 Å². The van der Waals surface area contributed by atoms with Crippen LogP contribution in [0.3, 0.4) is 0 Å². The normalized spacial score (nSPS) is 11.9. The largest absolute Gasteiger partial charge is 0.383 e. The van der Waals surface area contributed by atoms with Crippen LogP contribution >= 0.6 is 24.0 Å². The maximum Gasteiger partial charge on any atom is 0.191 e. The molecule has 2 N–H and O–H groups in total. The first-order chi connectivity index (χ1) is 7.49. The molecule has 0 rings (SSSR count). The predicted molar refractivity (Wildman–Crippen MR) is 85.3 cm³/mol. The van der Waals surface area contributed by atoms with Gasteiger partial charge in [0.25, 0.3) is 0 Å². The molecule has 0 atom stereocenters. The SMILES string of the molecule is CN=C(NCCCC(C)(C)C)NCCOC.I. The standard InChI is InChI=1S/C12H27N3O.HI/c1-12(2,3)7-6-8-14-11(13-4)15-9-10-16-5;/h6-10H2,1-5H3,(H2,13,14,15);1H. The summed E-state index contributed by atoms with van der Waals surface area (Å²) >= 11 is 0. The molecule has 104 valence electrons. The smallest absolute Gasteiger partial charge is 0.191 e. The lowest BCUT2D eigenvalue weighted by molar-refractivity contribution is 0.203. The number of hydrogen-bond acceptors (Lipinski definition) is 2. The van der Waals surface area contributed by atoms with E-state index in [0.717, 1.165) is 25.5 Å². The predicted octanol–water partition coefficient (Wildman–Crippen LogP) is 2.24. The first kappa shape index (κ1) is 19.3. The van der Waals surface area contributed by atoms with Crippen LogP contribution in [0, 0.1) is 5.41 Å². The second kappa shape index (κ2) is 11.1. The molecule has 0 radical (unpaired) electrons. The van der Waals surface area contributed by atoms with Crippen molar-refractivity contribution in [3.63, 3.8) is 0 Å². The van der Waals surface area contributed by atoms with Crippen LogP contribution in [0.2, 0.25) is 0 Å². The van der Waals surface area contributed by atoms with Crippen LogP contribution in [-0.4, -0.2) is 39.8 Å². The molecule has 0 aromatic heterocycles. The van der Waals surface area contributed by atoms with Gasteiger partial charge in [-0.1, -0.05) is 20.8 Å². The van der Waals surface area contributed by atoms with Crippen molar-refractivity contribution in [3.8, 4) is 0 Å². The Morgan fingerprint density at radius 2 is 1.76 bits per heavy atom. The van der Waals surface area contributed by atoms with E-state index in [1.807, 2.05) is 0 Å². The molecular weight excluding hydrogens is 329 g/mol. The zero-order valence-corrected chi connectivity index (χ0v) is 14.1. The quantitative estimate of drug-likeness (QED) is 0.332. The Hall–Kier alpha value is -0.0400.